The Morgan fingerprint density at radius 2 is 1.70 bits per heavy atom. The van der Waals surface area contributed by atoms with Crippen LogP contribution in [0.4, 0.5) is 0 Å². The lowest BCUT2D eigenvalue weighted by molar-refractivity contribution is -0.116. The van der Waals surface area contributed by atoms with Crippen LogP contribution in [0.15, 0.2) is 88.4 Å². The summed E-state index contributed by atoms with van der Waals surface area (Å²) in [6, 6.07) is 22.0. The molecule has 10 heteroatoms. The van der Waals surface area contributed by atoms with Crippen molar-refractivity contribution in [3.8, 4) is 17.0 Å². The topological polar surface area (TPSA) is 132 Å². The second-order valence-electron chi connectivity index (χ2n) is 8.78. The molecular formula is C30H28ClN5O4. The molecule has 204 valence electrons. The normalized spacial score (nSPS) is 11.4. The lowest BCUT2D eigenvalue weighted by Crippen LogP contribution is -2.32. The van der Waals surface area contributed by atoms with Gasteiger partial charge in [0.1, 0.15) is 22.8 Å². The number of methoxy groups -OCH3 is 1. The number of aryl methyl sites for hydroxylation is 1. The van der Waals surface area contributed by atoms with E-state index in [2.05, 4.69) is 20.8 Å². The Kier molecular flexibility index (Phi) is 9.32. The zero-order chi connectivity index (χ0) is 28.5. The molecular weight excluding hydrogens is 530 g/mol. The van der Waals surface area contributed by atoms with Crippen LogP contribution in [0, 0.1) is 6.92 Å². The number of hydrogen-bond donors (Lipinski definition) is 3. The predicted octanol–water partition coefficient (Wildman–Crippen LogP) is 4.89. The van der Waals surface area contributed by atoms with Crippen LogP contribution < -0.4 is 21.1 Å². The minimum Gasteiger partial charge on any atom is -0.497 e. The smallest absolute Gasteiger partial charge is 0.286 e. The molecule has 0 atom stereocenters. The van der Waals surface area contributed by atoms with E-state index in [4.69, 9.17) is 26.6 Å². The number of guanidine groups is 1. The van der Waals surface area contributed by atoms with E-state index < -0.39 is 5.91 Å². The van der Waals surface area contributed by atoms with E-state index in [9.17, 15) is 9.59 Å². The van der Waals surface area contributed by atoms with Crippen molar-refractivity contribution in [3.05, 3.63) is 112 Å². The fourth-order valence-corrected chi connectivity index (χ4v) is 4.15. The molecule has 0 radical (unpaired) electrons. The molecule has 9 nitrogen and oxygen atoms in total. The fraction of sp³-hybridized carbons (Fsp3) is 0.133. The largest absolute Gasteiger partial charge is 0.497 e. The SMILES string of the molecule is COc1ccc(-c2noc(C)c2C(=O)N=C(N)NCc2cc(Cl)cc(CNC(=O)/C=C/c3ccccc3)c2)cc1. The van der Waals surface area contributed by atoms with Crippen LogP contribution in [0.5, 0.6) is 5.75 Å². The van der Waals surface area contributed by atoms with E-state index in [0.717, 1.165) is 16.7 Å². The average molecular weight is 558 g/mol. The van der Waals surface area contributed by atoms with Gasteiger partial charge in [0.25, 0.3) is 5.91 Å². The first-order chi connectivity index (χ1) is 19.3. The number of aromatic nitrogens is 1. The van der Waals surface area contributed by atoms with E-state index in [1.807, 2.05) is 36.4 Å². The highest BCUT2D eigenvalue weighted by Gasteiger charge is 2.21. The van der Waals surface area contributed by atoms with Gasteiger partial charge in [0, 0.05) is 29.8 Å². The Hall–Kier alpha value is -4.89. The van der Waals surface area contributed by atoms with Crippen molar-refractivity contribution in [2.45, 2.75) is 20.0 Å². The number of nitrogens with two attached hydrogens (primary N) is 1. The van der Waals surface area contributed by atoms with Crippen LogP contribution in [-0.4, -0.2) is 30.0 Å². The highest BCUT2D eigenvalue weighted by molar-refractivity contribution is 6.30. The van der Waals surface area contributed by atoms with E-state index >= 15 is 0 Å². The van der Waals surface area contributed by atoms with Crippen LogP contribution in [0.2, 0.25) is 5.02 Å². The first-order valence-electron chi connectivity index (χ1n) is 12.3. The number of amides is 2. The summed E-state index contributed by atoms with van der Waals surface area (Å²) >= 11 is 6.29. The molecule has 0 fully saturated rings. The van der Waals surface area contributed by atoms with E-state index in [1.54, 1.807) is 56.5 Å². The number of nitrogens with zero attached hydrogens (tertiary/aromatic N) is 2. The molecule has 1 aromatic heterocycles. The molecule has 0 saturated carbocycles. The maximum atomic E-state index is 13.0. The standard InChI is InChI=1S/C30H28ClN5O4/c1-19-27(28(36-40-19)23-9-11-25(39-2)12-10-23)29(38)35-30(32)34-18-22-14-21(15-24(31)16-22)17-33-26(37)13-8-20-6-4-3-5-7-20/h3-16H,17-18H2,1-2H3,(H,33,37)(H3,32,34,35,38)/b13-8+. The third-order valence-electron chi connectivity index (χ3n) is 5.85. The van der Waals surface area contributed by atoms with Crippen LogP contribution >= 0.6 is 11.6 Å². The number of nitrogens with one attached hydrogen (secondary N) is 2. The molecule has 4 aromatic rings. The third-order valence-corrected chi connectivity index (χ3v) is 6.06. The summed E-state index contributed by atoms with van der Waals surface area (Å²) < 4.78 is 10.4. The van der Waals surface area contributed by atoms with Gasteiger partial charge in [-0.2, -0.15) is 4.99 Å². The Morgan fingerprint density at radius 1 is 1.02 bits per heavy atom. The van der Waals surface area contributed by atoms with Gasteiger partial charge in [-0.1, -0.05) is 53.2 Å². The van der Waals surface area contributed by atoms with Gasteiger partial charge in [-0.15, -0.1) is 0 Å². The van der Waals surface area contributed by atoms with Gasteiger partial charge in [0.15, 0.2) is 5.96 Å². The van der Waals surface area contributed by atoms with Crippen molar-refractivity contribution in [1.29, 1.82) is 0 Å². The van der Waals surface area contributed by atoms with Crippen molar-refractivity contribution in [3.63, 3.8) is 0 Å². The van der Waals surface area contributed by atoms with E-state index in [-0.39, 0.29) is 30.5 Å². The van der Waals surface area contributed by atoms with Crippen LogP contribution in [0.25, 0.3) is 17.3 Å². The molecule has 0 aliphatic carbocycles. The van der Waals surface area contributed by atoms with Crippen molar-refractivity contribution in [2.24, 2.45) is 10.7 Å². The summed E-state index contributed by atoms with van der Waals surface area (Å²) in [5.74, 6) is 0.110. The minimum absolute atomic E-state index is 0.0767. The van der Waals surface area contributed by atoms with Gasteiger partial charge in [0.05, 0.1) is 7.11 Å². The quantitative estimate of drug-likeness (QED) is 0.152. The van der Waals surface area contributed by atoms with E-state index in [1.165, 1.54) is 6.08 Å². The second-order valence-corrected chi connectivity index (χ2v) is 9.21. The summed E-state index contributed by atoms with van der Waals surface area (Å²) in [5.41, 5.74) is 9.81. The van der Waals surface area contributed by atoms with Gasteiger partial charge in [-0.05, 0) is 66.1 Å². The molecule has 0 spiro atoms. The first-order valence-corrected chi connectivity index (χ1v) is 12.7. The number of halogens is 1. The van der Waals surface area contributed by atoms with E-state index in [0.29, 0.717) is 27.8 Å². The van der Waals surface area contributed by atoms with Crippen molar-refractivity contribution < 1.29 is 18.8 Å². The Balaban J connectivity index is 1.37. The zero-order valence-corrected chi connectivity index (χ0v) is 22.7. The van der Waals surface area contributed by atoms with Gasteiger partial charge >= 0.3 is 0 Å². The monoisotopic (exact) mass is 557 g/mol. The summed E-state index contributed by atoms with van der Waals surface area (Å²) in [4.78, 5) is 29.2. The molecule has 3 aromatic carbocycles. The summed E-state index contributed by atoms with van der Waals surface area (Å²) in [6.07, 6.45) is 3.22. The number of benzene rings is 3. The Bertz CT molecular complexity index is 1550. The summed E-state index contributed by atoms with van der Waals surface area (Å²) in [6.45, 7) is 2.18. The maximum absolute atomic E-state index is 13.0. The Morgan fingerprint density at radius 3 is 2.38 bits per heavy atom. The molecule has 0 aliphatic heterocycles. The molecule has 1 heterocycles. The number of ether oxygens (including phenoxy) is 1. The molecule has 0 unspecified atom stereocenters. The highest BCUT2D eigenvalue weighted by atomic mass is 35.5. The number of rotatable bonds is 9. The molecule has 4 N–H and O–H groups in total. The molecule has 0 saturated heterocycles. The lowest BCUT2D eigenvalue weighted by atomic mass is 10.1. The number of aliphatic imine (C=N–C) groups is 1. The molecule has 40 heavy (non-hydrogen) atoms. The summed E-state index contributed by atoms with van der Waals surface area (Å²) in [5, 5.41) is 10.3. The predicted molar refractivity (Wildman–Crippen MR) is 155 cm³/mol. The number of hydrogen-bond acceptors (Lipinski definition) is 5. The maximum Gasteiger partial charge on any atom is 0.286 e. The first kappa shape index (κ1) is 28.1. The van der Waals surface area contributed by atoms with Crippen molar-refractivity contribution >= 4 is 35.5 Å². The van der Waals surface area contributed by atoms with Gasteiger partial charge in [0.2, 0.25) is 5.91 Å². The fourth-order valence-electron chi connectivity index (χ4n) is 3.87. The second kappa shape index (κ2) is 13.3. The van der Waals surface area contributed by atoms with Crippen LogP contribution in [0.3, 0.4) is 0 Å². The molecule has 0 bridgehead atoms. The third kappa shape index (κ3) is 7.58. The Labute approximate surface area is 236 Å². The molecule has 0 aliphatic rings. The van der Waals surface area contributed by atoms with Crippen molar-refractivity contribution in [2.75, 3.05) is 7.11 Å². The highest BCUT2D eigenvalue weighted by Crippen LogP contribution is 2.27. The van der Waals surface area contributed by atoms with Crippen LogP contribution in [0.1, 0.15) is 32.8 Å². The van der Waals surface area contributed by atoms with Gasteiger partial charge in [-0.25, -0.2) is 0 Å². The zero-order valence-electron chi connectivity index (χ0n) is 22.0. The number of carbonyl (C=O) groups is 2. The molecule has 2 amide bonds. The number of carbonyl (C=O) groups excluding carboxylic acids is 2. The van der Waals surface area contributed by atoms with Gasteiger partial charge in [-0.3, -0.25) is 9.59 Å². The molecule has 4 rings (SSSR count). The average Bonchev–Trinajstić information content (AvgIpc) is 3.35. The van der Waals surface area contributed by atoms with Crippen LogP contribution in [-0.2, 0) is 17.9 Å². The van der Waals surface area contributed by atoms with Gasteiger partial charge < -0.3 is 25.6 Å². The summed E-state index contributed by atoms with van der Waals surface area (Å²) in [7, 11) is 1.57. The lowest BCUT2D eigenvalue weighted by Gasteiger charge is -2.09. The van der Waals surface area contributed by atoms with Crippen molar-refractivity contribution in [1.82, 2.24) is 15.8 Å². The minimum atomic E-state index is -0.590.